The Morgan fingerprint density at radius 2 is 1.42 bits per heavy atom. The average Bonchev–Trinajstić information content (AvgIpc) is 2.88. The molecule has 0 aliphatic rings. The van der Waals surface area contributed by atoms with Crippen molar-refractivity contribution in [3.8, 4) is 0 Å². The first kappa shape index (κ1) is 30.0. The summed E-state index contributed by atoms with van der Waals surface area (Å²) in [5, 5.41) is 0. The molecule has 0 N–H and O–H groups in total. The van der Waals surface area contributed by atoms with Crippen molar-refractivity contribution in [2.24, 2.45) is 0 Å². The SMILES string of the molecule is CCCCCCCCCCCC(=O)OC[C@H](COS(=O)(=O)c1ccc(C)cc1)OCc1ccccc1. The summed E-state index contributed by atoms with van der Waals surface area (Å²) in [4.78, 5) is 12.3. The van der Waals surface area contributed by atoms with Crippen molar-refractivity contribution in [1.29, 1.82) is 0 Å². The van der Waals surface area contributed by atoms with Crippen LogP contribution in [0.5, 0.6) is 0 Å². The van der Waals surface area contributed by atoms with Crippen LogP contribution in [0.1, 0.15) is 82.3 Å². The first-order valence-electron chi connectivity index (χ1n) is 13.2. The zero-order valence-electron chi connectivity index (χ0n) is 21.8. The van der Waals surface area contributed by atoms with Crippen molar-refractivity contribution >= 4 is 16.1 Å². The maximum atomic E-state index is 12.6. The van der Waals surface area contributed by atoms with Gasteiger partial charge in [0.15, 0.2) is 0 Å². The molecule has 0 radical (unpaired) electrons. The maximum absolute atomic E-state index is 12.6. The molecule has 0 unspecified atom stereocenters. The van der Waals surface area contributed by atoms with Gasteiger partial charge in [-0.15, -0.1) is 0 Å². The van der Waals surface area contributed by atoms with Crippen molar-refractivity contribution in [3.05, 3.63) is 65.7 Å². The summed E-state index contributed by atoms with van der Waals surface area (Å²) in [7, 11) is -3.94. The number of aryl methyl sites for hydroxylation is 1. The van der Waals surface area contributed by atoms with Gasteiger partial charge in [-0.25, -0.2) is 0 Å². The Hall–Kier alpha value is -2.22. The van der Waals surface area contributed by atoms with Crippen LogP contribution >= 0.6 is 0 Å². The molecule has 200 valence electrons. The Morgan fingerprint density at radius 1 is 0.806 bits per heavy atom. The molecule has 2 rings (SSSR count). The maximum Gasteiger partial charge on any atom is 0.305 e. The summed E-state index contributed by atoms with van der Waals surface area (Å²) in [5.41, 5.74) is 1.89. The molecular formula is C29H42O6S. The summed E-state index contributed by atoms with van der Waals surface area (Å²) in [6.45, 7) is 4.06. The molecule has 0 fully saturated rings. The third kappa shape index (κ3) is 12.7. The van der Waals surface area contributed by atoms with E-state index in [1.165, 1.54) is 50.7 Å². The van der Waals surface area contributed by atoms with Crippen molar-refractivity contribution in [3.63, 3.8) is 0 Å². The number of hydrogen-bond acceptors (Lipinski definition) is 6. The summed E-state index contributed by atoms with van der Waals surface area (Å²) >= 11 is 0. The van der Waals surface area contributed by atoms with Crippen LogP contribution in [-0.2, 0) is 35.2 Å². The molecule has 0 saturated carbocycles. The van der Waals surface area contributed by atoms with Gasteiger partial charge < -0.3 is 9.47 Å². The minimum atomic E-state index is -3.94. The summed E-state index contributed by atoms with van der Waals surface area (Å²) in [6, 6.07) is 16.0. The minimum absolute atomic E-state index is 0.0630. The number of esters is 1. The monoisotopic (exact) mass is 518 g/mol. The topological polar surface area (TPSA) is 78.9 Å². The third-order valence-electron chi connectivity index (χ3n) is 5.96. The van der Waals surface area contributed by atoms with Crippen LogP contribution in [0.15, 0.2) is 59.5 Å². The Kier molecular flexibility index (Phi) is 14.4. The molecule has 7 heteroatoms. The van der Waals surface area contributed by atoms with Gasteiger partial charge in [0.2, 0.25) is 0 Å². The number of benzene rings is 2. The van der Waals surface area contributed by atoms with E-state index in [9.17, 15) is 13.2 Å². The lowest BCUT2D eigenvalue weighted by Gasteiger charge is -2.18. The Labute approximate surface area is 217 Å². The highest BCUT2D eigenvalue weighted by atomic mass is 32.2. The van der Waals surface area contributed by atoms with Crippen LogP contribution in [0.4, 0.5) is 0 Å². The minimum Gasteiger partial charge on any atom is -0.463 e. The summed E-state index contributed by atoms with van der Waals surface area (Å²) in [5.74, 6) is -0.298. The first-order valence-corrected chi connectivity index (χ1v) is 14.6. The largest absolute Gasteiger partial charge is 0.463 e. The smallest absolute Gasteiger partial charge is 0.305 e. The lowest BCUT2D eigenvalue weighted by atomic mass is 10.1. The van der Waals surface area contributed by atoms with Crippen LogP contribution in [0, 0.1) is 6.92 Å². The molecule has 2 aromatic carbocycles. The zero-order chi connectivity index (χ0) is 26.1. The van der Waals surface area contributed by atoms with E-state index in [1.54, 1.807) is 12.1 Å². The fraction of sp³-hybridized carbons (Fsp3) is 0.552. The van der Waals surface area contributed by atoms with Crippen LogP contribution in [-0.4, -0.2) is 33.7 Å². The van der Waals surface area contributed by atoms with Gasteiger partial charge in [-0.3, -0.25) is 8.98 Å². The first-order chi connectivity index (χ1) is 17.4. The fourth-order valence-electron chi connectivity index (χ4n) is 3.71. The Bertz CT molecular complexity index is 957. The molecule has 0 spiro atoms. The average molecular weight is 519 g/mol. The molecule has 0 saturated heterocycles. The summed E-state index contributed by atoms with van der Waals surface area (Å²) in [6.07, 6.45) is 10.2. The highest BCUT2D eigenvalue weighted by Crippen LogP contribution is 2.15. The number of carbonyl (C=O) groups excluding carboxylic acids is 1. The second-order valence-corrected chi connectivity index (χ2v) is 10.8. The third-order valence-corrected chi connectivity index (χ3v) is 7.26. The quantitative estimate of drug-likeness (QED) is 0.116. The van der Waals surface area contributed by atoms with E-state index in [-0.39, 0.29) is 30.7 Å². The van der Waals surface area contributed by atoms with E-state index in [4.69, 9.17) is 13.7 Å². The molecule has 1 atom stereocenters. The fourth-order valence-corrected chi connectivity index (χ4v) is 4.65. The number of hydrogen-bond donors (Lipinski definition) is 0. The molecule has 0 aromatic heterocycles. The van der Waals surface area contributed by atoms with Crippen LogP contribution in [0.25, 0.3) is 0 Å². The second kappa shape index (κ2) is 17.3. The van der Waals surface area contributed by atoms with Crippen molar-refractivity contribution in [2.75, 3.05) is 13.2 Å². The molecule has 0 amide bonds. The molecular weight excluding hydrogens is 476 g/mol. The van der Waals surface area contributed by atoms with Gasteiger partial charge in [0.1, 0.15) is 12.7 Å². The van der Waals surface area contributed by atoms with Crippen LogP contribution in [0.2, 0.25) is 0 Å². The van der Waals surface area contributed by atoms with Crippen molar-refractivity contribution < 1.29 is 26.9 Å². The Balaban J connectivity index is 1.77. The van der Waals surface area contributed by atoms with Crippen molar-refractivity contribution in [2.45, 2.75) is 95.7 Å². The normalized spacial score (nSPS) is 12.4. The van der Waals surface area contributed by atoms with Gasteiger partial charge in [-0.05, 0) is 31.0 Å². The van der Waals surface area contributed by atoms with E-state index < -0.39 is 16.2 Å². The number of carbonyl (C=O) groups is 1. The highest BCUT2D eigenvalue weighted by Gasteiger charge is 2.20. The summed E-state index contributed by atoms with van der Waals surface area (Å²) < 4.78 is 41.7. The molecule has 0 aliphatic carbocycles. The lowest BCUT2D eigenvalue weighted by Crippen LogP contribution is -2.28. The predicted octanol–water partition coefficient (Wildman–Crippen LogP) is 6.75. The van der Waals surface area contributed by atoms with Crippen LogP contribution < -0.4 is 0 Å². The number of unbranched alkanes of at least 4 members (excludes halogenated alkanes) is 8. The zero-order valence-corrected chi connectivity index (χ0v) is 22.6. The van der Waals surface area contributed by atoms with E-state index in [0.717, 1.165) is 30.4 Å². The number of rotatable bonds is 19. The lowest BCUT2D eigenvalue weighted by molar-refractivity contribution is -0.149. The van der Waals surface area contributed by atoms with Gasteiger partial charge in [0.05, 0.1) is 18.1 Å². The molecule has 2 aromatic rings. The predicted molar refractivity (Wildman–Crippen MR) is 142 cm³/mol. The second-order valence-electron chi connectivity index (χ2n) is 9.23. The molecule has 0 heterocycles. The van der Waals surface area contributed by atoms with Gasteiger partial charge in [-0.1, -0.05) is 106 Å². The van der Waals surface area contributed by atoms with Crippen molar-refractivity contribution in [1.82, 2.24) is 0 Å². The van der Waals surface area contributed by atoms with E-state index in [0.29, 0.717) is 6.42 Å². The highest BCUT2D eigenvalue weighted by molar-refractivity contribution is 7.86. The Morgan fingerprint density at radius 3 is 2.06 bits per heavy atom. The van der Waals surface area contributed by atoms with E-state index in [1.807, 2.05) is 37.3 Å². The molecule has 0 bridgehead atoms. The van der Waals surface area contributed by atoms with Gasteiger partial charge >= 0.3 is 5.97 Å². The molecule has 0 aliphatic heterocycles. The van der Waals surface area contributed by atoms with Gasteiger partial charge in [-0.2, -0.15) is 8.42 Å². The van der Waals surface area contributed by atoms with E-state index >= 15 is 0 Å². The molecule has 36 heavy (non-hydrogen) atoms. The standard InChI is InChI=1S/C29H42O6S/c1-3-4-5-6-7-8-9-10-14-17-29(30)34-23-27(33-22-26-15-12-11-13-16-26)24-35-36(31,32)28-20-18-25(2)19-21-28/h11-13,15-16,18-21,27H,3-10,14,17,22-24H2,1-2H3/t27-/m1/s1. The molecule has 6 nitrogen and oxygen atoms in total. The number of ether oxygens (including phenoxy) is 2. The van der Waals surface area contributed by atoms with Gasteiger partial charge in [0.25, 0.3) is 10.1 Å². The van der Waals surface area contributed by atoms with E-state index in [2.05, 4.69) is 6.92 Å². The van der Waals surface area contributed by atoms with Crippen LogP contribution in [0.3, 0.4) is 0 Å². The van der Waals surface area contributed by atoms with Gasteiger partial charge in [0, 0.05) is 6.42 Å².